The van der Waals surface area contributed by atoms with Crippen molar-refractivity contribution in [2.75, 3.05) is 18.1 Å². The molecule has 0 heterocycles. The molecule has 0 saturated carbocycles. The van der Waals surface area contributed by atoms with E-state index in [1.54, 1.807) is 17.8 Å². The zero-order valence-corrected chi connectivity index (χ0v) is 10.8. The van der Waals surface area contributed by atoms with E-state index in [0.717, 1.165) is 17.6 Å². The molecule has 1 nitrogen and oxygen atoms in total. The number of halogens is 3. The maximum atomic E-state index is 12.7. The number of benzene rings is 1. The molecule has 0 spiro atoms. The standard InChI is InChI=1S/C13H16F3NS/c1-2-8-18-9-7-17-10-11-5-3-4-6-12(11)13(14,15)16/h2-6,17H,1,7-10H2. The van der Waals surface area contributed by atoms with Crippen molar-refractivity contribution in [2.24, 2.45) is 0 Å². The summed E-state index contributed by atoms with van der Waals surface area (Å²) in [7, 11) is 0. The Hall–Kier alpha value is -0.940. The summed E-state index contributed by atoms with van der Waals surface area (Å²) in [6.07, 6.45) is -2.47. The Balaban J connectivity index is 2.45. The smallest absolute Gasteiger partial charge is 0.312 e. The fourth-order valence-corrected chi connectivity index (χ4v) is 2.11. The molecule has 1 rings (SSSR count). The van der Waals surface area contributed by atoms with Crippen molar-refractivity contribution in [3.05, 3.63) is 48.0 Å². The topological polar surface area (TPSA) is 12.0 Å². The van der Waals surface area contributed by atoms with E-state index in [-0.39, 0.29) is 6.54 Å². The van der Waals surface area contributed by atoms with Crippen LogP contribution in [-0.4, -0.2) is 18.1 Å². The third kappa shape index (κ3) is 5.14. The van der Waals surface area contributed by atoms with E-state index in [4.69, 9.17) is 0 Å². The minimum absolute atomic E-state index is 0.240. The van der Waals surface area contributed by atoms with Gasteiger partial charge in [0.25, 0.3) is 0 Å². The summed E-state index contributed by atoms with van der Waals surface area (Å²) in [5, 5.41) is 3.02. The van der Waals surface area contributed by atoms with Gasteiger partial charge in [0.2, 0.25) is 0 Å². The molecule has 100 valence electrons. The molecule has 18 heavy (non-hydrogen) atoms. The van der Waals surface area contributed by atoms with Crippen molar-refractivity contribution >= 4 is 11.8 Å². The van der Waals surface area contributed by atoms with Crippen molar-refractivity contribution < 1.29 is 13.2 Å². The second kappa shape index (κ2) is 7.48. The summed E-state index contributed by atoms with van der Waals surface area (Å²) in [5.74, 6) is 1.72. The fraction of sp³-hybridized carbons (Fsp3) is 0.385. The van der Waals surface area contributed by atoms with Gasteiger partial charge in [-0.25, -0.2) is 0 Å². The molecule has 0 aliphatic carbocycles. The lowest BCUT2D eigenvalue weighted by molar-refractivity contribution is -0.138. The molecular formula is C13H16F3NS. The summed E-state index contributed by atoms with van der Waals surface area (Å²) in [4.78, 5) is 0. The lowest BCUT2D eigenvalue weighted by Gasteiger charge is -2.13. The molecular weight excluding hydrogens is 259 g/mol. The predicted molar refractivity (Wildman–Crippen MR) is 70.7 cm³/mol. The van der Waals surface area contributed by atoms with E-state index in [2.05, 4.69) is 11.9 Å². The van der Waals surface area contributed by atoms with Crippen LogP contribution in [-0.2, 0) is 12.7 Å². The van der Waals surface area contributed by atoms with Crippen LogP contribution in [0.3, 0.4) is 0 Å². The minimum Gasteiger partial charge on any atom is -0.312 e. The monoisotopic (exact) mass is 275 g/mol. The minimum atomic E-state index is -4.28. The van der Waals surface area contributed by atoms with Gasteiger partial charge in [-0.2, -0.15) is 24.9 Å². The van der Waals surface area contributed by atoms with E-state index in [0.29, 0.717) is 12.1 Å². The molecule has 5 heteroatoms. The molecule has 0 aliphatic rings. The molecule has 0 aromatic heterocycles. The highest BCUT2D eigenvalue weighted by atomic mass is 32.2. The number of hydrogen-bond donors (Lipinski definition) is 1. The zero-order valence-electron chi connectivity index (χ0n) is 9.96. The quantitative estimate of drug-likeness (QED) is 0.601. The largest absolute Gasteiger partial charge is 0.416 e. The highest BCUT2D eigenvalue weighted by molar-refractivity contribution is 7.99. The third-order valence-electron chi connectivity index (χ3n) is 2.30. The van der Waals surface area contributed by atoms with Crippen molar-refractivity contribution in [1.82, 2.24) is 5.32 Å². The molecule has 0 aliphatic heterocycles. The normalized spacial score (nSPS) is 11.5. The Bertz CT molecular complexity index is 377. The molecule has 0 atom stereocenters. The van der Waals surface area contributed by atoms with Crippen LogP contribution in [0.25, 0.3) is 0 Å². The van der Waals surface area contributed by atoms with E-state index in [9.17, 15) is 13.2 Å². The van der Waals surface area contributed by atoms with Gasteiger partial charge in [0, 0.05) is 24.6 Å². The van der Waals surface area contributed by atoms with Crippen LogP contribution in [0.4, 0.5) is 13.2 Å². The summed E-state index contributed by atoms with van der Waals surface area (Å²) in [6, 6.07) is 5.65. The lowest BCUT2D eigenvalue weighted by atomic mass is 10.1. The van der Waals surface area contributed by atoms with Crippen molar-refractivity contribution in [1.29, 1.82) is 0 Å². The number of hydrogen-bond acceptors (Lipinski definition) is 2. The van der Waals surface area contributed by atoms with Gasteiger partial charge in [-0.15, -0.1) is 6.58 Å². The highest BCUT2D eigenvalue weighted by Crippen LogP contribution is 2.31. The van der Waals surface area contributed by atoms with Gasteiger partial charge >= 0.3 is 6.18 Å². The average molecular weight is 275 g/mol. The van der Waals surface area contributed by atoms with Crippen LogP contribution >= 0.6 is 11.8 Å². The Labute approximate surface area is 109 Å². The Kier molecular flexibility index (Phi) is 6.29. The first-order valence-electron chi connectivity index (χ1n) is 5.60. The molecule has 0 bridgehead atoms. The van der Waals surface area contributed by atoms with Gasteiger partial charge in [-0.3, -0.25) is 0 Å². The maximum Gasteiger partial charge on any atom is 0.416 e. The van der Waals surface area contributed by atoms with Gasteiger partial charge < -0.3 is 5.32 Å². The molecule has 0 amide bonds. The van der Waals surface area contributed by atoms with Crippen molar-refractivity contribution in [2.45, 2.75) is 12.7 Å². The highest BCUT2D eigenvalue weighted by Gasteiger charge is 2.32. The van der Waals surface area contributed by atoms with E-state index in [1.807, 2.05) is 6.08 Å². The lowest BCUT2D eigenvalue weighted by Crippen LogP contribution is -2.19. The second-order valence-electron chi connectivity index (χ2n) is 3.70. The predicted octanol–water partition coefficient (Wildman–Crippen LogP) is 3.71. The Morgan fingerprint density at radius 1 is 1.28 bits per heavy atom. The third-order valence-corrected chi connectivity index (χ3v) is 3.26. The average Bonchev–Trinajstić information content (AvgIpc) is 2.33. The van der Waals surface area contributed by atoms with E-state index in [1.165, 1.54) is 12.1 Å². The Morgan fingerprint density at radius 2 is 2.00 bits per heavy atom. The van der Waals surface area contributed by atoms with Crippen LogP contribution in [0.1, 0.15) is 11.1 Å². The van der Waals surface area contributed by atoms with Crippen LogP contribution in [0, 0.1) is 0 Å². The molecule has 0 saturated heterocycles. The van der Waals surface area contributed by atoms with Gasteiger partial charge in [0.1, 0.15) is 0 Å². The summed E-state index contributed by atoms with van der Waals surface area (Å²) in [5.41, 5.74) is -0.269. The van der Waals surface area contributed by atoms with Gasteiger partial charge in [-0.05, 0) is 11.6 Å². The molecule has 0 fully saturated rings. The maximum absolute atomic E-state index is 12.7. The number of alkyl halides is 3. The Morgan fingerprint density at radius 3 is 2.67 bits per heavy atom. The van der Waals surface area contributed by atoms with Gasteiger partial charge in [0.15, 0.2) is 0 Å². The van der Waals surface area contributed by atoms with Crippen molar-refractivity contribution in [3.8, 4) is 0 Å². The van der Waals surface area contributed by atoms with Crippen LogP contribution in [0.5, 0.6) is 0 Å². The van der Waals surface area contributed by atoms with E-state index >= 15 is 0 Å². The van der Waals surface area contributed by atoms with E-state index < -0.39 is 11.7 Å². The molecule has 1 N–H and O–H groups in total. The number of rotatable bonds is 7. The number of thioether (sulfide) groups is 1. The molecule has 0 unspecified atom stereocenters. The first-order chi connectivity index (χ1) is 8.55. The number of nitrogens with one attached hydrogen (secondary N) is 1. The summed E-state index contributed by atoms with van der Waals surface area (Å²) < 4.78 is 38.0. The summed E-state index contributed by atoms with van der Waals surface area (Å²) >= 11 is 1.70. The summed E-state index contributed by atoms with van der Waals surface area (Å²) in [6.45, 7) is 4.52. The van der Waals surface area contributed by atoms with Crippen molar-refractivity contribution in [3.63, 3.8) is 0 Å². The van der Waals surface area contributed by atoms with Crippen LogP contribution < -0.4 is 5.32 Å². The molecule has 0 radical (unpaired) electrons. The fourth-order valence-electron chi connectivity index (χ4n) is 1.49. The van der Waals surface area contributed by atoms with Crippen LogP contribution in [0.15, 0.2) is 36.9 Å². The zero-order chi connectivity index (χ0) is 13.4. The first kappa shape index (κ1) is 15.1. The van der Waals surface area contributed by atoms with Gasteiger partial charge in [0.05, 0.1) is 5.56 Å². The van der Waals surface area contributed by atoms with Crippen LogP contribution in [0.2, 0.25) is 0 Å². The van der Waals surface area contributed by atoms with Gasteiger partial charge in [-0.1, -0.05) is 24.3 Å². The molecule has 1 aromatic rings. The second-order valence-corrected chi connectivity index (χ2v) is 4.85. The first-order valence-corrected chi connectivity index (χ1v) is 6.75. The SMILES string of the molecule is C=CCSCCNCc1ccccc1C(F)(F)F. The molecule has 1 aromatic carbocycles.